The van der Waals surface area contributed by atoms with Gasteiger partial charge in [-0.2, -0.15) is 0 Å². The van der Waals surface area contributed by atoms with Gasteiger partial charge in [-0.05, 0) is 43.4 Å². The van der Waals surface area contributed by atoms with Gasteiger partial charge < -0.3 is 19.5 Å². The summed E-state index contributed by atoms with van der Waals surface area (Å²) in [7, 11) is 7.71. The molecule has 5 nitrogen and oxygen atoms in total. The third kappa shape index (κ3) is 4.31. The summed E-state index contributed by atoms with van der Waals surface area (Å²) in [6.07, 6.45) is 2.42. The third-order valence-electron chi connectivity index (χ3n) is 4.95. The average molecular weight is 365 g/mol. The van der Waals surface area contributed by atoms with Crippen LogP contribution in [0.2, 0.25) is 0 Å². The quantitative estimate of drug-likeness (QED) is 0.700. The van der Waals surface area contributed by atoms with Gasteiger partial charge in [-0.15, -0.1) is 0 Å². The number of ether oxygens (including phenoxy) is 1. The smallest absolute Gasteiger partial charge is 0.224 e. The second-order valence-corrected chi connectivity index (χ2v) is 7.02. The number of likely N-dealkylation sites (N-methyl/N-ethyl adjacent to an activating group) is 1. The molecule has 3 rings (SSSR count). The molecule has 0 aliphatic carbocycles. The third-order valence-corrected chi connectivity index (χ3v) is 4.95. The Bertz CT molecular complexity index is 913. The predicted molar refractivity (Wildman–Crippen MR) is 109 cm³/mol. The summed E-state index contributed by atoms with van der Waals surface area (Å²) in [6, 6.07) is 16.2. The lowest BCUT2D eigenvalue weighted by Crippen LogP contribution is -2.35. The van der Waals surface area contributed by atoms with Crippen molar-refractivity contribution in [1.82, 2.24) is 14.8 Å². The summed E-state index contributed by atoms with van der Waals surface area (Å²) >= 11 is 0. The highest BCUT2D eigenvalue weighted by atomic mass is 16.5. The highest BCUT2D eigenvalue weighted by Crippen LogP contribution is 2.22. The molecule has 1 aromatic heterocycles. The number of fused-ring (bicyclic) bond motifs is 1. The number of carbonyl (C=O) groups is 1. The Balaban J connectivity index is 1.67. The fourth-order valence-electron chi connectivity index (χ4n) is 3.44. The maximum Gasteiger partial charge on any atom is 0.224 e. The number of hydrogen-bond acceptors (Lipinski definition) is 3. The zero-order valence-electron chi connectivity index (χ0n) is 16.4. The minimum absolute atomic E-state index is 0.0340. The number of amides is 1. The van der Waals surface area contributed by atoms with Gasteiger partial charge in [-0.3, -0.25) is 4.79 Å². The van der Waals surface area contributed by atoms with Crippen LogP contribution in [0.25, 0.3) is 10.9 Å². The molecule has 0 fully saturated rings. The number of methoxy groups -OCH3 is 1. The van der Waals surface area contributed by atoms with Crippen molar-refractivity contribution in [2.45, 2.75) is 12.5 Å². The summed E-state index contributed by atoms with van der Waals surface area (Å²) in [5.41, 5.74) is 3.34. The van der Waals surface area contributed by atoms with E-state index in [9.17, 15) is 4.79 Å². The molecule has 1 atom stereocenters. The summed E-state index contributed by atoms with van der Waals surface area (Å²) in [6.45, 7) is 0.558. The molecule has 0 saturated carbocycles. The Hall–Kier alpha value is -2.79. The molecule has 1 amide bonds. The summed E-state index contributed by atoms with van der Waals surface area (Å²) < 4.78 is 7.29. The van der Waals surface area contributed by atoms with E-state index in [2.05, 4.69) is 26.9 Å². The van der Waals surface area contributed by atoms with Crippen molar-refractivity contribution < 1.29 is 9.53 Å². The van der Waals surface area contributed by atoms with E-state index in [1.165, 1.54) is 0 Å². The van der Waals surface area contributed by atoms with Gasteiger partial charge in [0.2, 0.25) is 5.91 Å². The van der Waals surface area contributed by atoms with Gasteiger partial charge in [0, 0.05) is 30.7 Å². The van der Waals surface area contributed by atoms with E-state index in [0.717, 1.165) is 27.8 Å². The minimum Gasteiger partial charge on any atom is -0.497 e. The van der Waals surface area contributed by atoms with Crippen molar-refractivity contribution in [3.8, 4) is 5.75 Å². The first-order valence-corrected chi connectivity index (χ1v) is 9.09. The zero-order valence-corrected chi connectivity index (χ0v) is 16.4. The van der Waals surface area contributed by atoms with Crippen molar-refractivity contribution in [3.63, 3.8) is 0 Å². The fraction of sp³-hybridized carbons (Fsp3) is 0.318. The van der Waals surface area contributed by atoms with Gasteiger partial charge in [0.1, 0.15) is 5.75 Å². The van der Waals surface area contributed by atoms with Gasteiger partial charge in [-0.1, -0.05) is 30.3 Å². The molecule has 0 spiro atoms. The van der Waals surface area contributed by atoms with Crippen molar-refractivity contribution in [2.75, 3.05) is 27.7 Å². The van der Waals surface area contributed by atoms with Crippen LogP contribution >= 0.6 is 0 Å². The van der Waals surface area contributed by atoms with Crippen LogP contribution in [0.1, 0.15) is 17.2 Å². The van der Waals surface area contributed by atoms with Crippen LogP contribution in [0.4, 0.5) is 0 Å². The van der Waals surface area contributed by atoms with Crippen LogP contribution in [0.5, 0.6) is 5.75 Å². The second kappa shape index (κ2) is 8.27. The van der Waals surface area contributed by atoms with Crippen molar-refractivity contribution in [3.05, 3.63) is 65.9 Å². The lowest BCUT2D eigenvalue weighted by Gasteiger charge is -2.25. The van der Waals surface area contributed by atoms with Gasteiger partial charge in [0.15, 0.2) is 0 Å². The van der Waals surface area contributed by atoms with Crippen molar-refractivity contribution in [2.24, 2.45) is 7.05 Å². The first kappa shape index (κ1) is 19.0. The second-order valence-electron chi connectivity index (χ2n) is 7.02. The highest BCUT2D eigenvalue weighted by Gasteiger charge is 2.16. The first-order valence-electron chi connectivity index (χ1n) is 9.09. The minimum atomic E-state index is 0.0340. The molecule has 5 heteroatoms. The van der Waals surface area contributed by atoms with E-state index in [-0.39, 0.29) is 11.9 Å². The van der Waals surface area contributed by atoms with Gasteiger partial charge in [-0.25, -0.2) is 0 Å². The number of rotatable bonds is 7. The maximum atomic E-state index is 12.6. The summed E-state index contributed by atoms with van der Waals surface area (Å²) in [5, 5.41) is 4.23. The standard InChI is InChI=1S/C22H27N3O2/c1-24(2)21(16-9-11-18(27-4)12-10-16)14-23-22(26)13-17-15-25(3)20-8-6-5-7-19(17)20/h5-12,15,21H,13-14H2,1-4H3,(H,23,26). The van der Waals surface area contributed by atoms with Crippen LogP contribution in [0, 0.1) is 0 Å². The molecule has 0 saturated heterocycles. The van der Waals surface area contributed by atoms with Gasteiger partial charge in [0.05, 0.1) is 19.6 Å². The Morgan fingerprint density at radius 2 is 1.85 bits per heavy atom. The van der Waals surface area contributed by atoms with Crippen molar-refractivity contribution in [1.29, 1.82) is 0 Å². The van der Waals surface area contributed by atoms with E-state index >= 15 is 0 Å². The number of para-hydroxylation sites is 1. The van der Waals surface area contributed by atoms with Gasteiger partial charge in [0.25, 0.3) is 0 Å². The number of benzene rings is 2. The molecule has 27 heavy (non-hydrogen) atoms. The van der Waals surface area contributed by atoms with Crippen LogP contribution in [-0.4, -0.2) is 43.1 Å². The molecule has 2 aromatic carbocycles. The maximum absolute atomic E-state index is 12.6. The highest BCUT2D eigenvalue weighted by molar-refractivity contribution is 5.89. The normalized spacial score (nSPS) is 12.3. The van der Waals surface area contributed by atoms with Crippen LogP contribution in [0.3, 0.4) is 0 Å². The Kier molecular flexibility index (Phi) is 5.81. The SMILES string of the molecule is COc1ccc(C(CNC(=O)Cc2cn(C)c3ccccc23)N(C)C)cc1. The molecule has 1 heterocycles. The van der Waals surface area contributed by atoms with E-state index in [4.69, 9.17) is 4.74 Å². The molecular weight excluding hydrogens is 338 g/mol. The number of hydrogen-bond donors (Lipinski definition) is 1. The summed E-state index contributed by atoms with van der Waals surface area (Å²) in [4.78, 5) is 14.7. The molecule has 0 aliphatic heterocycles. The van der Waals surface area contributed by atoms with Crippen LogP contribution in [-0.2, 0) is 18.3 Å². The summed E-state index contributed by atoms with van der Waals surface area (Å²) in [5.74, 6) is 0.864. The molecule has 0 aliphatic rings. The molecule has 142 valence electrons. The lowest BCUT2D eigenvalue weighted by atomic mass is 10.1. The van der Waals surface area contributed by atoms with Crippen LogP contribution in [0.15, 0.2) is 54.7 Å². The monoisotopic (exact) mass is 365 g/mol. The van der Waals surface area contributed by atoms with Crippen LogP contribution < -0.4 is 10.1 Å². The molecule has 1 N–H and O–H groups in total. The number of aromatic nitrogens is 1. The predicted octanol–water partition coefficient (Wildman–Crippen LogP) is 3.15. The topological polar surface area (TPSA) is 46.5 Å². The Labute approximate surface area is 160 Å². The first-order chi connectivity index (χ1) is 13.0. The van der Waals surface area contributed by atoms with E-state index in [1.807, 2.05) is 63.7 Å². The molecule has 3 aromatic rings. The van der Waals surface area contributed by atoms with E-state index in [0.29, 0.717) is 13.0 Å². The Morgan fingerprint density at radius 3 is 2.52 bits per heavy atom. The molecule has 1 unspecified atom stereocenters. The molecule has 0 radical (unpaired) electrons. The van der Waals surface area contributed by atoms with E-state index in [1.54, 1.807) is 7.11 Å². The van der Waals surface area contributed by atoms with E-state index < -0.39 is 0 Å². The van der Waals surface area contributed by atoms with Gasteiger partial charge >= 0.3 is 0 Å². The number of nitrogens with zero attached hydrogens (tertiary/aromatic N) is 2. The number of nitrogens with one attached hydrogen (secondary N) is 1. The fourth-order valence-corrected chi connectivity index (χ4v) is 3.44. The zero-order chi connectivity index (χ0) is 19.4. The lowest BCUT2D eigenvalue weighted by molar-refractivity contribution is -0.120. The number of carbonyl (C=O) groups excluding carboxylic acids is 1. The molecule has 0 bridgehead atoms. The van der Waals surface area contributed by atoms with Crippen molar-refractivity contribution >= 4 is 16.8 Å². The molecular formula is C22H27N3O2. The average Bonchev–Trinajstić information content (AvgIpc) is 2.98. The Morgan fingerprint density at radius 1 is 1.15 bits per heavy atom. The number of aryl methyl sites for hydroxylation is 1. The largest absolute Gasteiger partial charge is 0.497 e.